The van der Waals surface area contributed by atoms with Gasteiger partial charge in [-0.1, -0.05) is 39.0 Å². The summed E-state index contributed by atoms with van der Waals surface area (Å²) in [5.74, 6) is -0.511. The van der Waals surface area contributed by atoms with E-state index in [1.54, 1.807) is 19.1 Å². The fourth-order valence-corrected chi connectivity index (χ4v) is 2.19. The van der Waals surface area contributed by atoms with E-state index in [0.29, 0.717) is 5.56 Å². The van der Waals surface area contributed by atoms with E-state index in [-0.39, 0.29) is 17.3 Å². The lowest BCUT2D eigenvalue weighted by atomic mass is 9.93. The molecule has 0 aliphatic carbocycles. The van der Waals surface area contributed by atoms with Crippen LogP contribution in [0.5, 0.6) is 0 Å². The van der Waals surface area contributed by atoms with Crippen LogP contribution in [0.25, 0.3) is 0 Å². The molecule has 0 aromatic heterocycles. The van der Waals surface area contributed by atoms with Crippen LogP contribution >= 0.6 is 0 Å². The molecule has 2 atom stereocenters. The zero-order valence-corrected chi connectivity index (χ0v) is 11.7. The number of hydrogen-bond donors (Lipinski definition) is 0. The van der Waals surface area contributed by atoms with Gasteiger partial charge in [0.25, 0.3) is 5.91 Å². The van der Waals surface area contributed by atoms with E-state index in [4.69, 9.17) is 4.74 Å². The van der Waals surface area contributed by atoms with Crippen molar-refractivity contribution in [3.63, 3.8) is 0 Å². The van der Waals surface area contributed by atoms with E-state index >= 15 is 0 Å². The molecule has 0 spiro atoms. The lowest BCUT2D eigenvalue weighted by molar-refractivity contribution is -0.147. The van der Waals surface area contributed by atoms with Crippen LogP contribution in [0, 0.1) is 5.41 Å². The molecule has 4 nitrogen and oxygen atoms in total. The number of amides is 1. The molecule has 2 unspecified atom stereocenters. The molecule has 1 aromatic rings. The van der Waals surface area contributed by atoms with E-state index in [2.05, 4.69) is 0 Å². The SMILES string of the molecule is CC1C(=O)OC(C(C)(C)C)N1C(=O)c1ccccc1. The van der Waals surface area contributed by atoms with Crippen molar-refractivity contribution in [3.05, 3.63) is 35.9 Å². The summed E-state index contributed by atoms with van der Waals surface area (Å²) < 4.78 is 5.36. The molecule has 19 heavy (non-hydrogen) atoms. The molecular formula is C15H19NO3. The highest BCUT2D eigenvalue weighted by molar-refractivity contribution is 5.98. The molecule has 0 radical (unpaired) electrons. The summed E-state index contributed by atoms with van der Waals surface area (Å²) in [5, 5.41) is 0. The van der Waals surface area contributed by atoms with Crippen molar-refractivity contribution >= 4 is 11.9 Å². The number of cyclic esters (lactones) is 1. The zero-order chi connectivity index (χ0) is 14.2. The average molecular weight is 261 g/mol. The number of rotatable bonds is 1. The second-order valence-electron chi connectivity index (χ2n) is 5.91. The van der Waals surface area contributed by atoms with Gasteiger partial charge in [-0.05, 0) is 19.1 Å². The number of esters is 1. The molecule has 2 rings (SSSR count). The van der Waals surface area contributed by atoms with Gasteiger partial charge in [-0.25, -0.2) is 4.79 Å². The van der Waals surface area contributed by atoms with Gasteiger partial charge in [-0.3, -0.25) is 9.69 Å². The first kappa shape index (κ1) is 13.6. The van der Waals surface area contributed by atoms with Gasteiger partial charge in [0.2, 0.25) is 0 Å². The van der Waals surface area contributed by atoms with Crippen molar-refractivity contribution in [2.24, 2.45) is 5.41 Å². The predicted octanol–water partition coefficient (Wildman–Crippen LogP) is 2.45. The van der Waals surface area contributed by atoms with E-state index in [9.17, 15) is 9.59 Å². The lowest BCUT2D eigenvalue weighted by Crippen LogP contribution is -2.46. The standard InChI is InChI=1S/C15H19NO3/c1-10-13(18)19-14(15(2,3)4)16(10)12(17)11-8-6-5-7-9-11/h5-10,14H,1-4H3. The summed E-state index contributed by atoms with van der Waals surface area (Å²) in [4.78, 5) is 25.9. The molecule has 1 aromatic carbocycles. The van der Waals surface area contributed by atoms with Crippen molar-refractivity contribution in [2.45, 2.75) is 40.0 Å². The van der Waals surface area contributed by atoms with Crippen LogP contribution in [0.2, 0.25) is 0 Å². The van der Waals surface area contributed by atoms with Crippen LogP contribution in [-0.4, -0.2) is 29.0 Å². The van der Waals surface area contributed by atoms with Crippen molar-refractivity contribution in [1.29, 1.82) is 0 Å². The van der Waals surface area contributed by atoms with Crippen LogP contribution < -0.4 is 0 Å². The third kappa shape index (κ3) is 2.48. The summed E-state index contributed by atoms with van der Waals surface area (Å²) in [7, 11) is 0. The molecule has 1 amide bonds. The maximum atomic E-state index is 12.6. The summed E-state index contributed by atoms with van der Waals surface area (Å²) in [6.45, 7) is 7.56. The largest absolute Gasteiger partial charge is 0.439 e. The van der Waals surface area contributed by atoms with Crippen LogP contribution in [0.3, 0.4) is 0 Å². The minimum absolute atomic E-state index is 0.168. The second-order valence-corrected chi connectivity index (χ2v) is 5.91. The smallest absolute Gasteiger partial charge is 0.330 e. The van der Waals surface area contributed by atoms with Gasteiger partial charge in [0.15, 0.2) is 6.23 Å². The van der Waals surface area contributed by atoms with Gasteiger partial charge in [0.1, 0.15) is 6.04 Å². The Morgan fingerprint density at radius 3 is 2.32 bits per heavy atom. The molecular weight excluding hydrogens is 242 g/mol. The minimum Gasteiger partial charge on any atom is -0.439 e. The lowest BCUT2D eigenvalue weighted by Gasteiger charge is -2.33. The molecule has 102 valence electrons. The average Bonchev–Trinajstić information content (AvgIpc) is 2.66. The fraction of sp³-hybridized carbons (Fsp3) is 0.467. The van der Waals surface area contributed by atoms with Crippen LogP contribution in [0.15, 0.2) is 30.3 Å². The summed E-state index contributed by atoms with van der Waals surface area (Å²) in [6.07, 6.45) is -0.525. The van der Waals surface area contributed by atoms with E-state index in [1.807, 2.05) is 39.0 Å². The van der Waals surface area contributed by atoms with Crippen molar-refractivity contribution in [3.8, 4) is 0 Å². The Kier molecular flexibility index (Phi) is 3.35. The van der Waals surface area contributed by atoms with Gasteiger partial charge < -0.3 is 4.74 Å². The number of carbonyl (C=O) groups is 2. The predicted molar refractivity (Wildman–Crippen MR) is 71.4 cm³/mol. The Hall–Kier alpha value is -1.84. The Morgan fingerprint density at radius 1 is 1.21 bits per heavy atom. The van der Waals surface area contributed by atoms with E-state index in [1.165, 1.54) is 4.90 Å². The molecule has 1 saturated heterocycles. The third-order valence-corrected chi connectivity index (χ3v) is 3.23. The van der Waals surface area contributed by atoms with E-state index in [0.717, 1.165) is 0 Å². The van der Waals surface area contributed by atoms with Gasteiger partial charge in [-0.2, -0.15) is 0 Å². The summed E-state index contributed by atoms with van der Waals surface area (Å²) >= 11 is 0. The van der Waals surface area contributed by atoms with Gasteiger partial charge in [0, 0.05) is 11.0 Å². The first-order valence-corrected chi connectivity index (χ1v) is 6.40. The minimum atomic E-state index is -0.545. The maximum Gasteiger partial charge on any atom is 0.330 e. The maximum absolute atomic E-state index is 12.6. The normalized spacial score (nSPS) is 23.4. The first-order valence-electron chi connectivity index (χ1n) is 6.40. The van der Waals surface area contributed by atoms with Crippen LogP contribution in [0.4, 0.5) is 0 Å². The quantitative estimate of drug-likeness (QED) is 0.729. The van der Waals surface area contributed by atoms with E-state index < -0.39 is 12.3 Å². The first-order chi connectivity index (χ1) is 8.82. The number of hydrogen-bond acceptors (Lipinski definition) is 3. The number of benzene rings is 1. The van der Waals surface area contributed by atoms with Gasteiger partial charge >= 0.3 is 5.97 Å². The molecule has 1 heterocycles. The summed E-state index contributed by atoms with van der Waals surface area (Å²) in [5.41, 5.74) is 0.257. The third-order valence-electron chi connectivity index (χ3n) is 3.23. The monoisotopic (exact) mass is 261 g/mol. The highest BCUT2D eigenvalue weighted by Gasteiger charge is 2.47. The highest BCUT2D eigenvalue weighted by Crippen LogP contribution is 2.33. The molecule has 0 N–H and O–H groups in total. The van der Waals surface area contributed by atoms with Gasteiger partial charge in [0.05, 0.1) is 0 Å². The van der Waals surface area contributed by atoms with Crippen LogP contribution in [-0.2, 0) is 9.53 Å². The molecule has 4 heteroatoms. The van der Waals surface area contributed by atoms with Crippen molar-refractivity contribution in [2.75, 3.05) is 0 Å². The number of ether oxygens (including phenoxy) is 1. The molecule has 1 aliphatic heterocycles. The molecule has 1 fully saturated rings. The number of nitrogens with zero attached hydrogens (tertiary/aromatic N) is 1. The van der Waals surface area contributed by atoms with Gasteiger partial charge in [-0.15, -0.1) is 0 Å². The zero-order valence-electron chi connectivity index (χ0n) is 11.7. The topological polar surface area (TPSA) is 46.6 Å². The molecule has 0 saturated carbocycles. The Balaban J connectivity index is 2.35. The molecule has 1 aliphatic rings. The Morgan fingerprint density at radius 2 is 1.79 bits per heavy atom. The van der Waals surface area contributed by atoms with Crippen LogP contribution in [0.1, 0.15) is 38.1 Å². The summed E-state index contributed by atoms with van der Waals surface area (Å²) in [6, 6.07) is 8.42. The Labute approximate surface area is 113 Å². The second kappa shape index (κ2) is 4.68. The number of carbonyl (C=O) groups excluding carboxylic acids is 2. The fourth-order valence-electron chi connectivity index (χ4n) is 2.19. The van der Waals surface area contributed by atoms with Crippen molar-refractivity contribution < 1.29 is 14.3 Å². The Bertz CT molecular complexity index is 490. The highest BCUT2D eigenvalue weighted by atomic mass is 16.6. The molecule has 0 bridgehead atoms. The van der Waals surface area contributed by atoms with Crippen molar-refractivity contribution in [1.82, 2.24) is 4.90 Å².